The van der Waals surface area contributed by atoms with E-state index in [1.165, 1.54) is 0 Å². The van der Waals surface area contributed by atoms with Gasteiger partial charge in [-0.05, 0) is 30.7 Å². The Kier molecular flexibility index (Phi) is 3.14. The van der Waals surface area contributed by atoms with E-state index in [9.17, 15) is 9.90 Å². The molecule has 0 saturated heterocycles. The molecule has 1 unspecified atom stereocenters. The molecule has 2 N–H and O–H groups in total. The van der Waals surface area contributed by atoms with Crippen molar-refractivity contribution in [1.29, 1.82) is 0 Å². The summed E-state index contributed by atoms with van der Waals surface area (Å²) in [6.45, 7) is 1.65. The van der Waals surface area contributed by atoms with Gasteiger partial charge in [0, 0.05) is 22.7 Å². The summed E-state index contributed by atoms with van der Waals surface area (Å²) >= 11 is 0. The Balaban J connectivity index is 2.03. The molecular formula is C17H15NO3. The molecule has 0 bridgehead atoms. The number of hydrogen-bond donors (Lipinski definition) is 2. The zero-order chi connectivity index (χ0) is 15.0. The lowest BCUT2D eigenvalue weighted by atomic mass is 10.0. The normalized spacial score (nSPS) is 12.4. The highest BCUT2D eigenvalue weighted by Gasteiger charge is 2.14. The highest BCUT2D eigenvalue weighted by atomic mass is 16.4. The van der Waals surface area contributed by atoms with Crippen LogP contribution in [-0.2, 0) is 4.79 Å². The second-order valence-corrected chi connectivity index (χ2v) is 5.06. The van der Waals surface area contributed by atoms with E-state index in [4.69, 9.17) is 5.11 Å². The summed E-state index contributed by atoms with van der Waals surface area (Å²) in [6.07, 6.45) is 1.86. The maximum atomic E-state index is 11.0. The number of aromatic nitrogens is 1. The van der Waals surface area contributed by atoms with E-state index in [2.05, 4.69) is 0 Å². The SMILES string of the molecule is CC(C(=O)O)c1ccc(-n2cc3ccccc3c2O)cc1. The first kappa shape index (κ1) is 13.2. The molecule has 0 radical (unpaired) electrons. The van der Waals surface area contributed by atoms with Crippen molar-refractivity contribution in [3.8, 4) is 11.6 Å². The van der Waals surface area contributed by atoms with Crippen LogP contribution in [0.2, 0.25) is 0 Å². The van der Waals surface area contributed by atoms with Crippen LogP contribution in [0.5, 0.6) is 5.88 Å². The predicted molar refractivity (Wildman–Crippen MR) is 81.0 cm³/mol. The van der Waals surface area contributed by atoms with Crippen LogP contribution >= 0.6 is 0 Å². The fraction of sp³-hybridized carbons (Fsp3) is 0.118. The summed E-state index contributed by atoms with van der Waals surface area (Å²) in [7, 11) is 0. The summed E-state index contributed by atoms with van der Waals surface area (Å²) in [5.74, 6) is -1.21. The monoisotopic (exact) mass is 281 g/mol. The molecule has 1 aromatic heterocycles. The lowest BCUT2D eigenvalue weighted by Crippen LogP contribution is -2.07. The highest BCUT2D eigenvalue weighted by molar-refractivity contribution is 5.88. The van der Waals surface area contributed by atoms with E-state index in [0.29, 0.717) is 0 Å². The number of hydrogen-bond acceptors (Lipinski definition) is 2. The van der Waals surface area contributed by atoms with Crippen molar-refractivity contribution in [2.75, 3.05) is 0 Å². The van der Waals surface area contributed by atoms with Gasteiger partial charge in [-0.2, -0.15) is 0 Å². The minimum atomic E-state index is -0.850. The number of aromatic hydroxyl groups is 1. The number of carbonyl (C=O) groups is 1. The molecule has 4 nitrogen and oxygen atoms in total. The van der Waals surface area contributed by atoms with Gasteiger partial charge in [-0.25, -0.2) is 0 Å². The summed E-state index contributed by atoms with van der Waals surface area (Å²) in [5, 5.41) is 21.0. The van der Waals surface area contributed by atoms with Gasteiger partial charge in [0.15, 0.2) is 0 Å². The zero-order valence-electron chi connectivity index (χ0n) is 11.5. The second kappa shape index (κ2) is 4.98. The van der Waals surface area contributed by atoms with Crippen LogP contribution in [0.15, 0.2) is 54.7 Å². The third-order valence-corrected chi connectivity index (χ3v) is 3.74. The maximum absolute atomic E-state index is 11.0. The van der Waals surface area contributed by atoms with E-state index in [0.717, 1.165) is 22.0 Å². The molecule has 0 spiro atoms. The molecule has 1 heterocycles. The van der Waals surface area contributed by atoms with Crippen molar-refractivity contribution in [3.05, 3.63) is 60.3 Å². The summed E-state index contributed by atoms with van der Waals surface area (Å²) < 4.78 is 1.69. The Morgan fingerprint density at radius 2 is 1.76 bits per heavy atom. The van der Waals surface area contributed by atoms with Gasteiger partial charge >= 0.3 is 5.97 Å². The van der Waals surface area contributed by atoms with Crippen LogP contribution in [0.3, 0.4) is 0 Å². The second-order valence-electron chi connectivity index (χ2n) is 5.06. The van der Waals surface area contributed by atoms with Gasteiger partial charge in [0.05, 0.1) is 5.92 Å². The molecule has 21 heavy (non-hydrogen) atoms. The maximum Gasteiger partial charge on any atom is 0.310 e. The van der Waals surface area contributed by atoms with E-state index in [-0.39, 0.29) is 5.88 Å². The van der Waals surface area contributed by atoms with Crippen molar-refractivity contribution in [1.82, 2.24) is 4.57 Å². The lowest BCUT2D eigenvalue weighted by Gasteiger charge is -2.09. The van der Waals surface area contributed by atoms with Crippen LogP contribution in [0.25, 0.3) is 16.5 Å². The Morgan fingerprint density at radius 1 is 1.10 bits per heavy atom. The first-order valence-electron chi connectivity index (χ1n) is 6.70. The molecule has 0 amide bonds. The molecular weight excluding hydrogens is 266 g/mol. The molecule has 0 aliphatic rings. The number of nitrogens with zero attached hydrogens (tertiary/aromatic N) is 1. The van der Waals surface area contributed by atoms with Crippen molar-refractivity contribution < 1.29 is 15.0 Å². The van der Waals surface area contributed by atoms with Crippen molar-refractivity contribution in [3.63, 3.8) is 0 Å². The summed E-state index contributed by atoms with van der Waals surface area (Å²) in [4.78, 5) is 11.0. The number of carboxylic acids is 1. The smallest absolute Gasteiger partial charge is 0.310 e. The summed E-state index contributed by atoms with van der Waals surface area (Å²) in [6, 6.07) is 14.8. The largest absolute Gasteiger partial charge is 0.494 e. The fourth-order valence-corrected chi connectivity index (χ4v) is 2.41. The molecule has 3 aromatic rings. The van der Waals surface area contributed by atoms with Gasteiger partial charge in [-0.15, -0.1) is 0 Å². The Hall–Kier alpha value is -2.75. The van der Waals surface area contributed by atoms with Gasteiger partial charge in [0.25, 0.3) is 0 Å². The molecule has 0 fully saturated rings. The van der Waals surface area contributed by atoms with Gasteiger partial charge in [0.1, 0.15) is 0 Å². The average Bonchev–Trinajstić information content (AvgIpc) is 2.84. The molecule has 2 aromatic carbocycles. The van der Waals surface area contributed by atoms with Gasteiger partial charge in [0.2, 0.25) is 5.88 Å². The van der Waals surface area contributed by atoms with E-state index in [1.807, 2.05) is 42.6 Å². The Bertz CT molecular complexity index is 803. The minimum absolute atomic E-state index is 0.185. The van der Waals surface area contributed by atoms with Crippen molar-refractivity contribution in [2.24, 2.45) is 0 Å². The molecule has 0 aliphatic carbocycles. The van der Waals surface area contributed by atoms with Crippen LogP contribution in [0.1, 0.15) is 18.4 Å². The molecule has 0 aliphatic heterocycles. The molecule has 1 atom stereocenters. The predicted octanol–water partition coefficient (Wildman–Crippen LogP) is 3.52. The first-order chi connectivity index (χ1) is 10.1. The molecule has 3 rings (SSSR count). The van der Waals surface area contributed by atoms with Crippen molar-refractivity contribution in [2.45, 2.75) is 12.8 Å². The number of benzene rings is 2. The first-order valence-corrected chi connectivity index (χ1v) is 6.70. The third-order valence-electron chi connectivity index (χ3n) is 3.74. The van der Waals surface area contributed by atoms with E-state index >= 15 is 0 Å². The molecule has 106 valence electrons. The van der Waals surface area contributed by atoms with Crippen LogP contribution in [0.4, 0.5) is 0 Å². The van der Waals surface area contributed by atoms with Crippen LogP contribution < -0.4 is 0 Å². The van der Waals surface area contributed by atoms with Gasteiger partial charge in [-0.1, -0.05) is 30.3 Å². The Labute approximate surface area is 121 Å². The summed E-state index contributed by atoms with van der Waals surface area (Å²) in [5.41, 5.74) is 1.53. The van der Waals surface area contributed by atoms with E-state index in [1.54, 1.807) is 23.6 Å². The topological polar surface area (TPSA) is 62.5 Å². The van der Waals surface area contributed by atoms with Gasteiger partial charge in [-0.3, -0.25) is 9.36 Å². The average molecular weight is 281 g/mol. The number of aliphatic carboxylic acids is 1. The van der Waals surface area contributed by atoms with Crippen LogP contribution in [-0.4, -0.2) is 20.7 Å². The highest BCUT2D eigenvalue weighted by Crippen LogP contribution is 2.30. The van der Waals surface area contributed by atoms with E-state index < -0.39 is 11.9 Å². The minimum Gasteiger partial charge on any atom is -0.494 e. The van der Waals surface area contributed by atoms with Crippen LogP contribution in [0, 0.1) is 0 Å². The molecule has 0 saturated carbocycles. The number of fused-ring (bicyclic) bond motifs is 1. The number of rotatable bonds is 3. The Morgan fingerprint density at radius 3 is 2.38 bits per heavy atom. The standard InChI is InChI=1S/C17H15NO3/c1-11(17(20)21)12-6-8-14(9-7-12)18-10-13-4-2-3-5-15(13)16(18)19/h2-11,19H,1H3,(H,20,21). The fourth-order valence-electron chi connectivity index (χ4n) is 2.41. The van der Waals surface area contributed by atoms with Gasteiger partial charge < -0.3 is 10.2 Å². The van der Waals surface area contributed by atoms with Crippen molar-refractivity contribution >= 4 is 16.7 Å². The quantitative estimate of drug-likeness (QED) is 0.772. The lowest BCUT2D eigenvalue weighted by molar-refractivity contribution is -0.138. The molecule has 4 heteroatoms. The third kappa shape index (κ3) is 2.25. The number of carboxylic acid groups (broad SMARTS) is 1. The zero-order valence-corrected chi connectivity index (χ0v) is 11.5.